The summed E-state index contributed by atoms with van der Waals surface area (Å²) < 4.78 is 5.32. The Kier molecular flexibility index (Phi) is 4.19. The first-order chi connectivity index (χ1) is 11.6. The zero-order valence-corrected chi connectivity index (χ0v) is 14.7. The van der Waals surface area contributed by atoms with Gasteiger partial charge in [0, 0.05) is 24.4 Å². The summed E-state index contributed by atoms with van der Waals surface area (Å²) in [6, 6.07) is 8.69. The minimum absolute atomic E-state index is 0.0109. The molecule has 1 heterocycles. The van der Waals surface area contributed by atoms with Crippen molar-refractivity contribution in [3.63, 3.8) is 0 Å². The first-order valence-corrected chi connectivity index (χ1v) is 8.46. The summed E-state index contributed by atoms with van der Waals surface area (Å²) in [5, 5.41) is 10.8. The number of esters is 1. The fourth-order valence-electron chi connectivity index (χ4n) is 3.48. The molecular weight excluding hydrogens is 322 g/mol. The van der Waals surface area contributed by atoms with Gasteiger partial charge in [0.25, 0.3) is 0 Å². The molecule has 0 spiro atoms. The Morgan fingerprint density at radius 2 is 1.92 bits per heavy atom. The van der Waals surface area contributed by atoms with Crippen LogP contribution in [0.1, 0.15) is 33.6 Å². The van der Waals surface area contributed by atoms with E-state index in [1.165, 1.54) is 4.90 Å². The van der Waals surface area contributed by atoms with Crippen LogP contribution in [-0.2, 0) is 19.1 Å². The fourth-order valence-corrected chi connectivity index (χ4v) is 3.48. The average Bonchev–Trinajstić information content (AvgIpc) is 2.79. The van der Waals surface area contributed by atoms with Crippen LogP contribution in [0, 0.1) is 17.3 Å². The molecule has 0 aromatic heterocycles. The van der Waals surface area contributed by atoms with Crippen LogP contribution in [0.2, 0.25) is 0 Å². The molecule has 1 saturated carbocycles. The molecule has 3 atom stereocenters. The predicted octanol–water partition coefficient (Wildman–Crippen LogP) is 1.91. The number of benzene rings is 1. The van der Waals surface area contributed by atoms with E-state index >= 15 is 0 Å². The Morgan fingerprint density at radius 3 is 2.52 bits per heavy atom. The normalized spacial score (nSPS) is 29.0. The van der Waals surface area contributed by atoms with E-state index in [0.29, 0.717) is 5.69 Å². The minimum atomic E-state index is -1.80. The van der Waals surface area contributed by atoms with Crippen molar-refractivity contribution in [3.8, 4) is 0 Å². The van der Waals surface area contributed by atoms with Gasteiger partial charge in [0.05, 0.1) is 17.9 Å². The summed E-state index contributed by atoms with van der Waals surface area (Å²) in [7, 11) is 0. The largest absolute Gasteiger partial charge is 0.465 e. The van der Waals surface area contributed by atoms with Crippen molar-refractivity contribution in [2.45, 2.75) is 39.3 Å². The number of amides is 1. The molecule has 1 aromatic rings. The standard InChI is InChI=1S/C19H23NO5/c1-18(2,3)17(23)25-11-12-9-15(21)19(24)10-14(12)16(22)20(19)13-7-5-4-6-8-13/h4-8,12,14,24H,9-11H2,1-3H3/t12-,14+,19+/m1/s1. The van der Waals surface area contributed by atoms with Gasteiger partial charge in [-0.3, -0.25) is 19.3 Å². The highest BCUT2D eigenvalue weighted by Crippen LogP contribution is 2.46. The van der Waals surface area contributed by atoms with Gasteiger partial charge in [0.2, 0.25) is 11.6 Å². The summed E-state index contributed by atoms with van der Waals surface area (Å²) in [5.74, 6) is -2.01. The molecule has 1 saturated heterocycles. The summed E-state index contributed by atoms with van der Waals surface area (Å²) >= 11 is 0. The van der Waals surface area contributed by atoms with Gasteiger partial charge in [-0.2, -0.15) is 0 Å². The van der Waals surface area contributed by atoms with Gasteiger partial charge in [-0.25, -0.2) is 0 Å². The van der Waals surface area contributed by atoms with Crippen LogP contribution in [0.15, 0.2) is 30.3 Å². The molecule has 3 rings (SSSR count). The molecule has 0 radical (unpaired) electrons. The maximum atomic E-state index is 12.9. The van der Waals surface area contributed by atoms with Gasteiger partial charge < -0.3 is 9.84 Å². The third-order valence-corrected chi connectivity index (χ3v) is 4.93. The molecule has 1 amide bonds. The third kappa shape index (κ3) is 2.95. The molecule has 134 valence electrons. The van der Waals surface area contributed by atoms with E-state index < -0.39 is 28.8 Å². The number of ether oxygens (including phenoxy) is 1. The third-order valence-electron chi connectivity index (χ3n) is 4.93. The average molecular weight is 345 g/mol. The lowest BCUT2D eigenvalue weighted by atomic mass is 9.78. The zero-order valence-electron chi connectivity index (χ0n) is 14.7. The number of Topliss-reactive ketones (excluding diaryl/α,β-unsaturated/α-hetero) is 1. The first kappa shape index (κ1) is 17.6. The molecule has 1 aliphatic carbocycles. The zero-order chi connectivity index (χ0) is 18.4. The van der Waals surface area contributed by atoms with Gasteiger partial charge in [-0.15, -0.1) is 0 Å². The van der Waals surface area contributed by atoms with Crippen molar-refractivity contribution in [2.24, 2.45) is 17.3 Å². The lowest BCUT2D eigenvalue weighted by Crippen LogP contribution is -2.52. The highest BCUT2D eigenvalue weighted by Gasteiger charge is 2.61. The lowest BCUT2D eigenvalue weighted by molar-refractivity contribution is -0.157. The Hall–Kier alpha value is -2.21. The van der Waals surface area contributed by atoms with E-state index in [1.54, 1.807) is 51.1 Å². The van der Waals surface area contributed by atoms with Gasteiger partial charge in [0.15, 0.2) is 5.78 Å². The van der Waals surface area contributed by atoms with E-state index in [9.17, 15) is 19.5 Å². The van der Waals surface area contributed by atoms with Gasteiger partial charge >= 0.3 is 5.97 Å². The molecule has 2 fully saturated rings. The molecule has 1 N–H and O–H groups in total. The Labute approximate surface area is 146 Å². The SMILES string of the molecule is CC(C)(C)C(=O)OC[C@H]1CC(=O)[C@@]2(O)C[C@@H]1C(=O)N2c1ccccc1. The molecule has 0 unspecified atom stereocenters. The number of ketones is 1. The van der Waals surface area contributed by atoms with Crippen molar-refractivity contribution in [1.29, 1.82) is 0 Å². The second kappa shape index (κ2) is 5.95. The Balaban J connectivity index is 1.82. The number of anilines is 1. The Bertz CT molecular complexity index is 708. The quantitative estimate of drug-likeness (QED) is 0.846. The number of hydrogen-bond donors (Lipinski definition) is 1. The lowest BCUT2D eigenvalue weighted by Gasteiger charge is -2.34. The van der Waals surface area contributed by atoms with Gasteiger partial charge in [0.1, 0.15) is 0 Å². The summed E-state index contributed by atoms with van der Waals surface area (Å²) in [6.07, 6.45) is 0.0605. The smallest absolute Gasteiger partial charge is 0.311 e. The Morgan fingerprint density at radius 1 is 1.28 bits per heavy atom. The predicted molar refractivity (Wildman–Crippen MR) is 90.5 cm³/mol. The second-order valence-corrected chi connectivity index (χ2v) is 7.87. The maximum Gasteiger partial charge on any atom is 0.311 e. The molecule has 1 aliphatic heterocycles. The van der Waals surface area contributed by atoms with Crippen molar-refractivity contribution in [1.82, 2.24) is 0 Å². The summed E-state index contributed by atoms with van der Waals surface area (Å²) in [6.45, 7) is 5.25. The first-order valence-electron chi connectivity index (χ1n) is 8.46. The van der Waals surface area contributed by atoms with Crippen LogP contribution in [0.25, 0.3) is 0 Å². The van der Waals surface area contributed by atoms with E-state index in [2.05, 4.69) is 0 Å². The van der Waals surface area contributed by atoms with Crippen LogP contribution in [0.4, 0.5) is 5.69 Å². The molecule has 2 bridgehead atoms. The number of para-hydroxylation sites is 1. The van der Waals surface area contributed by atoms with Gasteiger partial charge in [-0.05, 0) is 32.9 Å². The maximum absolute atomic E-state index is 12.9. The van der Waals surface area contributed by atoms with Crippen molar-refractivity contribution in [2.75, 3.05) is 11.5 Å². The second-order valence-electron chi connectivity index (χ2n) is 7.87. The highest BCUT2D eigenvalue weighted by molar-refractivity contribution is 6.09. The van der Waals surface area contributed by atoms with Crippen molar-refractivity contribution < 1.29 is 24.2 Å². The molecule has 1 aromatic carbocycles. The number of carbonyl (C=O) groups excluding carboxylic acids is 3. The summed E-state index contributed by atoms with van der Waals surface area (Å²) in [5.41, 5.74) is -1.94. The van der Waals surface area contributed by atoms with Crippen LogP contribution >= 0.6 is 0 Å². The molecule has 6 nitrogen and oxygen atoms in total. The molecular formula is C19H23NO5. The minimum Gasteiger partial charge on any atom is -0.465 e. The van der Waals surface area contributed by atoms with Crippen LogP contribution in [0.5, 0.6) is 0 Å². The highest BCUT2D eigenvalue weighted by atomic mass is 16.5. The fraction of sp³-hybridized carbons (Fsp3) is 0.526. The van der Waals surface area contributed by atoms with Crippen LogP contribution in [0.3, 0.4) is 0 Å². The van der Waals surface area contributed by atoms with Gasteiger partial charge in [-0.1, -0.05) is 18.2 Å². The van der Waals surface area contributed by atoms with Crippen LogP contribution < -0.4 is 4.90 Å². The van der Waals surface area contributed by atoms with Crippen LogP contribution in [-0.4, -0.2) is 35.1 Å². The molecule has 2 aliphatic rings. The van der Waals surface area contributed by atoms with E-state index in [0.717, 1.165) is 0 Å². The number of nitrogens with zero attached hydrogens (tertiary/aromatic N) is 1. The number of hydrogen-bond acceptors (Lipinski definition) is 5. The molecule has 6 heteroatoms. The number of carbonyl (C=O) groups is 3. The summed E-state index contributed by atoms with van der Waals surface area (Å²) in [4.78, 5) is 38.6. The number of aliphatic hydroxyl groups is 1. The number of rotatable bonds is 3. The van der Waals surface area contributed by atoms with E-state index in [1.807, 2.05) is 0 Å². The number of fused-ring (bicyclic) bond motifs is 2. The monoisotopic (exact) mass is 345 g/mol. The van der Waals surface area contributed by atoms with E-state index in [4.69, 9.17) is 4.74 Å². The topological polar surface area (TPSA) is 83.9 Å². The van der Waals surface area contributed by atoms with E-state index in [-0.39, 0.29) is 31.3 Å². The van der Waals surface area contributed by atoms with Crippen molar-refractivity contribution in [3.05, 3.63) is 30.3 Å². The van der Waals surface area contributed by atoms with Crippen molar-refractivity contribution >= 4 is 23.3 Å². The molecule has 25 heavy (non-hydrogen) atoms.